The zero-order chi connectivity index (χ0) is 26.2. The molecule has 2 aromatic rings. The highest BCUT2D eigenvalue weighted by atomic mass is 32.2. The second-order valence-corrected chi connectivity index (χ2v) is 11.7. The van der Waals surface area contributed by atoms with Crippen molar-refractivity contribution in [2.75, 3.05) is 32.1 Å². The quantitative estimate of drug-likeness (QED) is 0.254. The Morgan fingerprint density at radius 1 is 0.861 bits per heavy atom. The van der Waals surface area contributed by atoms with Gasteiger partial charge in [-0.3, -0.25) is 9.59 Å². The van der Waals surface area contributed by atoms with Crippen LogP contribution in [0.25, 0.3) is 0 Å². The number of amides is 1. The largest absolute Gasteiger partial charge is 0.461 e. The number of nitrogens with zero attached hydrogens (tertiary/aromatic N) is 1. The number of nitrogens with one attached hydrogen (secondary N) is 1. The fourth-order valence-electron chi connectivity index (χ4n) is 3.88. The molecule has 0 saturated carbocycles. The van der Waals surface area contributed by atoms with Crippen molar-refractivity contribution < 1.29 is 22.7 Å². The maximum absolute atomic E-state index is 12.4. The minimum atomic E-state index is -3.07. The number of hydrogen-bond donors (Lipinski definition) is 1. The van der Waals surface area contributed by atoms with E-state index in [0.29, 0.717) is 32.2 Å². The van der Waals surface area contributed by atoms with Crippen molar-refractivity contribution in [2.24, 2.45) is 0 Å². The number of carbonyl (C=O) groups excluding carboxylic acids is 2. The maximum atomic E-state index is 12.4. The van der Waals surface area contributed by atoms with Crippen molar-refractivity contribution in [1.29, 1.82) is 0 Å². The molecule has 0 bridgehead atoms. The van der Waals surface area contributed by atoms with Crippen LogP contribution in [0.2, 0.25) is 0 Å². The Kier molecular flexibility index (Phi) is 13.2. The van der Waals surface area contributed by atoms with Gasteiger partial charge in [0.15, 0.2) is 9.84 Å². The molecule has 0 aromatic heterocycles. The molecule has 0 aliphatic carbocycles. The molecular formula is C28H40N2O5S. The second kappa shape index (κ2) is 16.1. The van der Waals surface area contributed by atoms with Gasteiger partial charge in [-0.25, -0.2) is 8.42 Å². The Morgan fingerprint density at radius 3 is 2.11 bits per heavy atom. The molecule has 2 aromatic carbocycles. The van der Waals surface area contributed by atoms with Gasteiger partial charge in [0.25, 0.3) is 0 Å². The van der Waals surface area contributed by atoms with Crippen molar-refractivity contribution in [2.45, 2.75) is 57.6 Å². The lowest BCUT2D eigenvalue weighted by Gasteiger charge is -2.22. The number of rotatable bonds is 17. The predicted molar refractivity (Wildman–Crippen MR) is 143 cm³/mol. The molecule has 8 heteroatoms. The van der Waals surface area contributed by atoms with Crippen LogP contribution in [0.4, 0.5) is 0 Å². The molecule has 7 nitrogen and oxygen atoms in total. The van der Waals surface area contributed by atoms with Gasteiger partial charge >= 0.3 is 5.97 Å². The van der Waals surface area contributed by atoms with Crippen LogP contribution in [0, 0.1) is 0 Å². The van der Waals surface area contributed by atoms with Gasteiger partial charge in [0.1, 0.15) is 6.61 Å². The van der Waals surface area contributed by atoms with Crippen molar-refractivity contribution in [3.63, 3.8) is 0 Å². The molecule has 1 unspecified atom stereocenters. The van der Waals surface area contributed by atoms with E-state index in [4.69, 9.17) is 4.74 Å². The van der Waals surface area contributed by atoms with Gasteiger partial charge in [-0.15, -0.1) is 0 Å². The van der Waals surface area contributed by atoms with Gasteiger partial charge < -0.3 is 15.0 Å². The molecular weight excluding hydrogens is 476 g/mol. The Labute approximate surface area is 216 Å². The lowest BCUT2D eigenvalue weighted by atomic mass is 10.1. The van der Waals surface area contributed by atoms with Crippen molar-refractivity contribution in [3.05, 3.63) is 71.8 Å². The predicted octanol–water partition coefficient (Wildman–Crippen LogP) is 3.77. The van der Waals surface area contributed by atoms with Crippen molar-refractivity contribution >= 4 is 21.7 Å². The van der Waals surface area contributed by atoms with E-state index in [0.717, 1.165) is 24.0 Å². The summed E-state index contributed by atoms with van der Waals surface area (Å²) in [6, 6.07) is 18.8. The van der Waals surface area contributed by atoms with E-state index in [1.54, 1.807) is 0 Å². The SMILES string of the molecule is CN(C)CC(CC(=O)OCc1ccccc1)NC(=O)CCCCCCS(=O)(=O)CCc1ccccc1. The van der Waals surface area contributed by atoms with Gasteiger partial charge in [-0.1, -0.05) is 73.5 Å². The van der Waals surface area contributed by atoms with Gasteiger partial charge in [0.2, 0.25) is 5.91 Å². The summed E-state index contributed by atoms with van der Waals surface area (Å²) in [4.78, 5) is 26.6. The molecule has 0 heterocycles. The van der Waals surface area contributed by atoms with Gasteiger partial charge in [0, 0.05) is 13.0 Å². The molecule has 1 atom stereocenters. The molecule has 0 radical (unpaired) electrons. The maximum Gasteiger partial charge on any atom is 0.308 e. The number of ether oxygens (including phenoxy) is 1. The first-order valence-electron chi connectivity index (χ1n) is 12.6. The monoisotopic (exact) mass is 516 g/mol. The highest BCUT2D eigenvalue weighted by Crippen LogP contribution is 2.09. The topological polar surface area (TPSA) is 92.8 Å². The first kappa shape index (κ1) is 29.5. The van der Waals surface area contributed by atoms with Crippen LogP contribution in [0.5, 0.6) is 0 Å². The Bertz CT molecular complexity index is 1010. The molecule has 198 valence electrons. The van der Waals surface area contributed by atoms with E-state index in [1.807, 2.05) is 79.7 Å². The standard InChI is InChI=1S/C28H40N2O5S/c1-30(2)22-26(21-28(32)35-23-25-15-9-6-10-16-25)29-27(31)17-11-3-4-12-19-36(33,34)20-18-24-13-7-5-8-14-24/h5-10,13-16,26H,3-4,11-12,17-23H2,1-2H3,(H,29,31). The fraction of sp³-hybridized carbons (Fsp3) is 0.500. The summed E-state index contributed by atoms with van der Waals surface area (Å²) >= 11 is 0. The summed E-state index contributed by atoms with van der Waals surface area (Å²) in [6.45, 7) is 0.747. The average Bonchev–Trinajstić information content (AvgIpc) is 2.84. The fourth-order valence-corrected chi connectivity index (χ4v) is 5.28. The first-order chi connectivity index (χ1) is 17.2. The van der Waals surface area contributed by atoms with E-state index >= 15 is 0 Å². The summed E-state index contributed by atoms with van der Waals surface area (Å²) in [5, 5.41) is 2.95. The number of sulfone groups is 1. The number of benzene rings is 2. The van der Waals surface area contributed by atoms with Gasteiger partial charge in [0.05, 0.1) is 24.0 Å². The third-order valence-corrected chi connectivity index (χ3v) is 7.50. The number of aryl methyl sites for hydroxylation is 1. The summed E-state index contributed by atoms with van der Waals surface area (Å²) in [5.41, 5.74) is 1.95. The van der Waals surface area contributed by atoms with Crippen molar-refractivity contribution in [1.82, 2.24) is 10.2 Å². The molecule has 0 aliphatic rings. The summed E-state index contributed by atoms with van der Waals surface area (Å²) in [7, 11) is 0.710. The van der Waals surface area contributed by atoms with Crippen LogP contribution in [0.3, 0.4) is 0 Å². The Hall–Kier alpha value is -2.71. The van der Waals surface area contributed by atoms with Crippen LogP contribution >= 0.6 is 0 Å². The molecule has 0 saturated heterocycles. The van der Waals surface area contributed by atoms with Crippen LogP contribution in [-0.4, -0.2) is 63.4 Å². The summed E-state index contributed by atoms with van der Waals surface area (Å²) in [5.74, 6) is -0.102. The number of likely N-dealkylation sites (N-methyl/N-ethyl adjacent to an activating group) is 1. The molecule has 2 rings (SSSR count). The number of hydrogen-bond acceptors (Lipinski definition) is 6. The third-order valence-electron chi connectivity index (χ3n) is 5.76. The second-order valence-electron chi connectivity index (χ2n) is 9.43. The number of esters is 1. The summed E-state index contributed by atoms with van der Waals surface area (Å²) < 4.78 is 29.9. The lowest BCUT2D eigenvalue weighted by Crippen LogP contribution is -2.43. The van der Waals surface area contributed by atoms with Crippen LogP contribution in [0.1, 0.15) is 49.7 Å². The minimum absolute atomic E-state index is 0.104. The van der Waals surface area contributed by atoms with E-state index in [9.17, 15) is 18.0 Å². The normalized spacial score (nSPS) is 12.3. The molecule has 1 amide bonds. The van der Waals surface area contributed by atoms with Crippen LogP contribution in [-0.2, 0) is 37.2 Å². The molecule has 36 heavy (non-hydrogen) atoms. The smallest absolute Gasteiger partial charge is 0.308 e. The van der Waals surface area contributed by atoms with Crippen LogP contribution in [0.15, 0.2) is 60.7 Å². The van der Waals surface area contributed by atoms with Gasteiger partial charge in [-0.05, 0) is 44.5 Å². The summed E-state index contributed by atoms with van der Waals surface area (Å²) in [6.07, 6.45) is 3.85. The Balaban J connectivity index is 1.62. The number of unbranched alkanes of at least 4 members (excludes halogenated alkanes) is 3. The Morgan fingerprint density at radius 2 is 1.47 bits per heavy atom. The van der Waals surface area contributed by atoms with E-state index in [-0.39, 0.29) is 42.5 Å². The highest BCUT2D eigenvalue weighted by molar-refractivity contribution is 7.91. The van der Waals surface area contributed by atoms with E-state index in [1.165, 1.54) is 0 Å². The zero-order valence-corrected chi connectivity index (χ0v) is 22.3. The van der Waals surface area contributed by atoms with E-state index in [2.05, 4.69) is 5.32 Å². The van der Waals surface area contributed by atoms with E-state index < -0.39 is 9.84 Å². The zero-order valence-electron chi connectivity index (χ0n) is 21.5. The highest BCUT2D eigenvalue weighted by Gasteiger charge is 2.18. The van der Waals surface area contributed by atoms with Crippen molar-refractivity contribution in [3.8, 4) is 0 Å². The van der Waals surface area contributed by atoms with Gasteiger partial charge in [-0.2, -0.15) is 0 Å². The molecule has 0 fully saturated rings. The number of carbonyl (C=O) groups is 2. The lowest BCUT2D eigenvalue weighted by molar-refractivity contribution is -0.145. The third kappa shape index (κ3) is 13.4. The minimum Gasteiger partial charge on any atom is -0.461 e. The van der Waals surface area contributed by atoms with Crippen LogP contribution < -0.4 is 5.32 Å². The molecule has 1 N–H and O–H groups in total. The molecule has 0 spiro atoms. The average molecular weight is 517 g/mol. The molecule has 0 aliphatic heterocycles. The first-order valence-corrected chi connectivity index (χ1v) is 14.4.